The Morgan fingerprint density at radius 2 is 1.87 bits per heavy atom. The number of carbonyl (C=O) groups is 1. The number of carbonyl (C=O) groups excluding carboxylic acids is 1. The fraction of sp³-hybridized carbons (Fsp3) is 0.118. The molecule has 116 valence electrons. The fourth-order valence-corrected chi connectivity index (χ4v) is 2.58. The molecule has 0 spiro atoms. The molecule has 1 aromatic heterocycles. The molecule has 0 aliphatic carbocycles. The first-order valence-corrected chi connectivity index (χ1v) is 7.15. The Balaban J connectivity index is 2.34. The van der Waals surface area contributed by atoms with Gasteiger partial charge in [0.25, 0.3) is 5.69 Å². The van der Waals surface area contributed by atoms with Crippen LogP contribution in [0.1, 0.15) is 17.4 Å². The van der Waals surface area contributed by atoms with Gasteiger partial charge in [0.2, 0.25) is 0 Å². The summed E-state index contributed by atoms with van der Waals surface area (Å²) in [6, 6.07) is 15.3. The molecule has 0 saturated heterocycles. The third-order valence-corrected chi connectivity index (χ3v) is 3.51. The minimum atomic E-state index is -0.512. The fourth-order valence-electron chi connectivity index (χ4n) is 2.58. The number of nitro groups is 1. The average molecular weight is 310 g/mol. The third-order valence-electron chi connectivity index (χ3n) is 3.51. The van der Waals surface area contributed by atoms with E-state index in [2.05, 4.69) is 0 Å². The molecule has 0 atom stereocenters. The zero-order valence-corrected chi connectivity index (χ0v) is 12.4. The number of ether oxygens (including phenoxy) is 1. The monoisotopic (exact) mass is 310 g/mol. The summed E-state index contributed by atoms with van der Waals surface area (Å²) >= 11 is 0. The minimum Gasteiger partial charge on any atom is -0.461 e. The van der Waals surface area contributed by atoms with E-state index in [0.29, 0.717) is 11.2 Å². The number of hydrogen-bond donors (Lipinski definition) is 0. The molecule has 3 rings (SSSR count). The molecule has 0 bridgehead atoms. The lowest BCUT2D eigenvalue weighted by Gasteiger charge is -2.10. The molecule has 2 aromatic carbocycles. The molecule has 6 nitrogen and oxygen atoms in total. The largest absolute Gasteiger partial charge is 0.461 e. The van der Waals surface area contributed by atoms with E-state index >= 15 is 0 Å². The standard InChI is InChI=1S/C17H14N2O4/c1-2-23-17(20)16-11-12-7-3-4-8-13(12)18(16)14-9-5-6-10-15(14)19(21)22/h3-11H,2H2,1H3. The molecule has 0 radical (unpaired) electrons. The van der Waals surface area contributed by atoms with Gasteiger partial charge in [-0.05, 0) is 25.1 Å². The van der Waals surface area contributed by atoms with Gasteiger partial charge in [0.15, 0.2) is 0 Å². The van der Waals surface area contributed by atoms with Gasteiger partial charge in [-0.15, -0.1) is 0 Å². The average Bonchev–Trinajstić information content (AvgIpc) is 2.94. The van der Waals surface area contributed by atoms with Crippen LogP contribution in [0.2, 0.25) is 0 Å². The summed E-state index contributed by atoms with van der Waals surface area (Å²) in [5, 5.41) is 12.1. The maximum atomic E-state index is 12.3. The number of hydrogen-bond acceptors (Lipinski definition) is 4. The summed E-state index contributed by atoms with van der Waals surface area (Å²) in [7, 11) is 0. The topological polar surface area (TPSA) is 74.4 Å². The number of benzene rings is 2. The second-order valence-corrected chi connectivity index (χ2v) is 4.89. The van der Waals surface area contributed by atoms with Gasteiger partial charge in [-0.3, -0.25) is 14.7 Å². The molecule has 3 aromatic rings. The molecule has 0 unspecified atom stereocenters. The molecule has 0 aliphatic rings. The number of para-hydroxylation sites is 3. The first-order valence-electron chi connectivity index (χ1n) is 7.15. The number of rotatable bonds is 4. The smallest absolute Gasteiger partial charge is 0.355 e. The lowest BCUT2D eigenvalue weighted by atomic mass is 10.2. The van der Waals surface area contributed by atoms with Crippen LogP contribution >= 0.6 is 0 Å². The molecular formula is C17H14N2O4. The van der Waals surface area contributed by atoms with E-state index in [1.165, 1.54) is 6.07 Å². The van der Waals surface area contributed by atoms with Crippen LogP contribution in [0, 0.1) is 10.1 Å². The van der Waals surface area contributed by atoms with Crippen molar-refractivity contribution in [2.75, 3.05) is 6.61 Å². The maximum absolute atomic E-state index is 12.3. The zero-order valence-electron chi connectivity index (χ0n) is 12.4. The van der Waals surface area contributed by atoms with Crippen molar-refractivity contribution in [1.82, 2.24) is 4.57 Å². The van der Waals surface area contributed by atoms with Crippen molar-refractivity contribution in [1.29, 1.82) is 0 Å². The summed E-state index contributed by atoms with van der Waals surface area (Å²) in [4.78, 5) is 23.2. The number of nitro benzene ring substituents is 1. The molecule has 0 fully saturated rings. The number of esters is 1. The summed E-state index contributed by atoms with van der Waals surface area (Å²) in [5.41, 5.74) is 1.24. The highest BCUT2D eigenvalue weighted by atomic mass is 16.6. The van der Waals surface area contributed by atoms with Crippen LogP contribution in [0.4, 0.5) is 5.69 Å². The highest BCUT2D eigenvalue weighted by Crippen LogP contribution is 2.30. The van der Waals surface area contributed by atoms with Gasteiger partial charge in [0, 0.05) is 11.5 Å². The summed E-state index contributed by atoms with van der Waals surface area (Å²) < 4.78 is 6.67. The van der Waals surface area contributed by atoms with E-state index in [9.17, 15) is 14.9 Å². The molecule has 1 heterocycles. The minimum absolute atomic E-state index is 0.0700. The molecular weight excluding hydrogens is 296 g/mol. The second-order valence-electron chi connectivity index (χ2n) is 4.89. The van der Waals surface area contributed by atoms with Crippen LogP contribution in [0.5, 0.6) is 0 Å². The van der Waals surface area contributed by atoms with Crippen molar-refractivity contribution in [2.45, 2.75) is 6.92 Å². The Kier molecular flexibility index (Phi) is 3.80. The molecule has 0 saturated carbocycles. The zero-order chi connectivity index (χ0) is 16.4. The predicted octanol–water partition coefficient (Wildman–Crippen LogP) is 3.72. The first kappa shape index (κ1) is 14.8. The van der Waals surface area contributed by atoms with Crippen LogP contribution in [-0.4, -0.2) is 22.1 Å². The summed E-state index contributed by atoms with van der Waals surface area (Å²) in [6.45, 7) is 1.95. The van der Waals surface area contributed by atoms with Crippen LogP contribution in [-0.2, 0) is 4.74 Å². The quantitative estimate of drug-likeness (QED) is 0.418. The van der Waals surface area contributed by atoms with Crippen molar-refractivity contribution < 1.29 is 14.5 Å². The van der Waals surface area contributed by atoms with Crippen LogP contribution < -0.4 is 0 Å². The van der Waals surface area contributed by atoms with Crippen LogP contribution in [0.3, 0.4) is 0 Å². The Labute approximate surface area is 132 Å². The van der Waals surface area contributed by atoms with E-state index in [-0.39, 0.29) is 18.0 Å². The number of aromatic nitrogens is 1. The van der Waals surface area contributed by atoms with E-state index < -0.39 is 10.9 Å². The van der Waals surface area contributed by atoms with Crippen LogP contribution in [0.25, 0.3) is 16.6 Å². The second kappa shape index (κ2) is 5.92. The summed E-state index contributed by atoms with van der Waals surface area (Å²) in [5.74, 6) is -0.512. The Bertz CT molecular complexity index is 898. The lowest BCUT2D eigenvalue weighted by molar-refractivity contribution is -0.384. The molecule has 0 N–H and O–H groups in total. The normalized spacial score (nSPS) is 10.7. The maximum Gasteiger partial charge on any atom is 0.355 e. The van der Waals surface area contributed by atoms with Gasteiger partial charge < -0.3 is 4.74 Å². The van der Waals surface area contributed by atoms with Crippen molar-refractivity contribution in [3.63, 3.8) is 0 Å². The van der Waals surface area contributed by atoms with Crippen molar-refractivity contribution in [3.8, 4) is 5.69 Å². The molecule has 6 heteroatoms. The van der Waals surface area contributed by atoms with Crippen molar-refractivity contribution in [2.24, 2.45) is 0 Å². The van der Waals surface area contributed by atoms with E-state index in [0.717, 1.165) is 5.39 Å². The Hall–Kier alpha value is -3.15. The van der Waals surface area contributed by atoms with Gasteiger partial charge in [0.1, 0.15) is 11.4 Å². The summed E-state index contributed by atoms with van der Waals surface area (Å²) in [6.07, 6.45) is 0. The molecule has 0 amide bonds. The highest BCUT2D eigenvalue weighted by molar-refractivity contribution is 5.97. The first-order chi connectivity index (χ1) is 11.1. The van der Waals surface area contributed by atoms with E-state index in [1.54, 1.807) is 35.8 Å². The SMILES string of the molecule is CCOC(=O)c1cc2ccccc2n1-c1ccccc1[N+](=O)[O-]. The number of nitrogens with zero attached hydrogens (tertiary/aromatic N) is 2. The Morgan fingerprint density at radius 3 is 2.61 bits per heavy atom. The van der Waals surface area contributed by atoms with Crippen molar-refractivity contribution >= 4 is 22.6 Å². The predicted molar refractivity (Wildman–Crippen MR) is 85.9 cm³/mol. The number of fused-ring (bicyclic) bond motifs is 1. The van der Waals surface area contributed by atoms with Crippen molar-refractivity contribution in [3.05, 3.63) is 70.4 Å². The van der Waals surface area contributed by atoms with Gasteiger partial charge in [-0.2, -0.15) is 0 Å². The van der Waals surface area contributed by atoms with Gasteiger partial charge in [-0.1, -0.05) is 30.3 Å². The third kappa shape index (κ3) is 2.55. The molecule has 0 aliphatic heterocycles. The highest BCUT2D eigenvalue weighted by Gasteiger charge is 2.23. The van der Waals surface area contributed by atoms with E-state index in [1.807, 2.05) is 24.3 Å². The lowest BCUT2D eigenvalue weighted by Crippen LogP contribution is -2.12. The van der Waals surface area contributed by atoms with Crippen LogP contribution in [0.15, 0.2) is 54.6 Å². The van der Waals surface area contributed by atoms with E-state index in [4.69, 9.17) is 4.74 Å². The van der Waals surface area contributed by atoms with Gasteiger partial charge >= 0.3 is 5.97 Å². The van der Waals surface area contributed by atoms with Gasteiger partial charge in [0.05, 0.1) is 17.0 Å². The Morgan fingerprint density at radius 1 is 1.17 bits per heavy atom. The molecule has 23 heavy (non-hydrogen) atoms. The van der Waals surface area contributed by atoms with Gasteiger partial charge in [-0.25, -0.2) is 4.79 Å².